The largest absolute Gasteiger partial charge is 0.462 e. The maximum absolute atomic E-state index is 11.6. The highest BCUT2D eigenvalue weighted by Crippen LogP contribution is 2.17. The molecule has 4 nitrogen and oxygen atoms in total. The van der Waals surface area contributed by atoms with Gasteiger partial charge in [-0.2, -0.15) is 5.26 Å². The second-order valence-electron chi connectivity index (χ2n) is 4.07. The van der Waals surface area contributed by atoms with Crippen molar-refractivity contribution in [1.82, 2.24) is 0 Å². The lowest BCUT2D eigenvalue weighted by Crippen LogP contribution is -2.05. The molecule has 1 aromatic carbocycles. The number of ether oxygens (including phenoxy) is 1. The first kappa shape index (κ1) is 14.1. The molecule has 1 heterocycles. The highest BCUT2D eigenvalue weighted by molar-refractivity contribution is 7.10. The van der Waals surface area contributed by atoms with E-state index in [1.807, 2.05) is 23.6 Å². The van der Waals surface area contributed by atoms with Crippen LogP contribution in [-0.2, 0) is 11.3 Å². The first-order valence-corrected chi connectivity index (χ1v) is 7.09. The Hall–Kier alpha value is -2.32. The SMILES string of the molecule is CCOC(=O)c1cccc(NCc2cc(C#N)cs2)c1. The van der Waals surface area contributed by atoms with Crippen molar-refractivity contribution >= 4 is 23.0 Å². The second-order valence-corrected chi connectivity index (χ2v) is 5.06. The van der Waals surface area contributed by atoms with Crippen molar-refractivity contribution in [2.75, 3.05) is 11.9 Å². The fourth-order valence-corrected chi connectivity index (χ4v) is 2.44. The number of esters is 1. The van der Waals surface area contributed by atoms with E-state index >= 15 is 0 Å². The molecule has 0 fully saturated rings. The van der Waals surface area contributed by atoms with E-state index in [2.05, 4.69) is 11.4 Å². The summed E-state index contributed by atoms with van der Waals surface area (Å²) in [6.45, 7) is 2.77. The zero-order chi connectivity index (χ0) is 14.4. The molecule has 5 heteroatoms. The molecule has 0 bridgehead atoms. The van der Waals surface area contributed by atoms with Crippen LogP contribution in [0.2, 0.25) is 0 Å². The molecule has 2 rings (SSSR count). The zero-order valence-corrected chi connectivity index (χ0v) is 11.9. The lowest BCUT2D eigenvalue weighted by Gasteiger charge is -2.07. The van der Waals surface area contributed by atoms with Crippen molar-refractivity contribution in [1.29, 1.82) is 5.26 Å². The summed E-state index contributed by atoms with van der Waals surface area (Å²) in [7, 11) is 0. The van der Waals surface area contributed by atoms with Gasteiger partial charge in [0.15, 0.2) is 0 Å². The van der Waals surface area contributed by atoms with Crippen molar-refractivity contribution in [2.45, 2.75) is 13.5 Å². The average Bonchev–Trinajstić information content (AvgIpc) is 2.94. The predicted molar refractivity (Wildman–Crippen MR) is 78.8 cm³/mol. The molecule has 0 atom stereocenters. The number of hydrogen-bond acceptors (Lipinski definition) is 5. The van der Waals surface area contributed by atoms with E-state index in [0.717, 1.165) is 10.6 Å². The third kappa shape index (κ3) is 3.59. The Morgan fingerprint density at radius 2 is 2.30 bits per heavy atom. The predicted octanol–water partition coefficient (Wildman–Crippen LogP) is 3.41. The summed E-state index contributed by atoms with van der Waals surface area (Å²) in [5, 5.41) is 13.8. The molecule has 1 aromatic heterocycles. The standard InChI is InChI=1S/C15H14N2O2S/c1-2-19-15(18)12-4-3-5-13(7-12)17-9-14-6-11(8-16)10-20-14/h3-7,10,17H,2,9H2,1H3. The molecule has 1 N–H and O–H groups in total. The molecule has 0 unspecified atom stereocenters. The highest BCUT2D eigenvalue weighted by atomic mass is 32.1. The Morgan fingerprint density at radius 3 is 3.00 bits per heavy atom. The number of nitrogens with one attached hydrogen (secondary N) is 1. The van der Waals surface area contributed by atoms with Crippen LogP contribution in [0.5, 0.6) is 0 Å². The van der Waals surface area contributed by atoms with Gasteiger partial charge >= 0.3 is 5.97 Å². The normalized spacial score (nSPS) is 9.80. The lowest BCUT2D eigenvalue weighted by molar-refractivity contribution is 0.0526. The minimum absolute atomic E-state index is 0.320. The number of nitrogens with zero attached hydrogens (tertiary/aromatic N) is 1. The van der Waals surface area contributed by atoms with Gasteiger partial charge in [-0.25, -0.2) is 4.79 Å². The maximum Gasteiger partial charge on any atom is 0.338 e. The van der Waals surface area contributed by atoms with E-state index < -0.39 is 0 Å². The molecule has 0 aliphatic carbocycles. The monoisotopic (exact) mass is 286 g/mol. The van der Waals surface area contributed by atoms with Crippen molar-refractivity contribution in [3.8, 4) is 6.07 Å². The third-order valence-corrected chi connectivity index (χ3v) is 3.56. The highest BCUT2D eigenvalue weighted by Gasteiger charge is 2.06. The fraction of sp³-hybridized carbons (Fsp3) is 0.200. The van der Waals surface area contributed by atoms with Crippen LogP contribution in [0.4, 0.5) is 5.69 Å². The van der Waals surface area contributed by atoms with Crippen molar-refractivity contribution < 1.29 is 9.53 Å². The summed E-state index contributed by atoms with van der Waals surface area (Å²) in [4.78, 5) is 12.7. The molecule has 102 valence electrons. The van der Waals surface area contributed by atoms with Gasteiger partial charge in [0.05, 0.1) is 17.7 Å². The van der Waals surface area contributed by atoms with Crippen LogP contribution in [0.1, 0.15) is 27.7 Å². The summed E-state index contributed by atoms with van der Waals surface area (Å²) in [5.41, 5.74) is 2.05. The smallest absolute Gasteiger partial charge is 0.338 e. The Bertz CT molecular complexity index is 643. The van der Waals surface area contributed by atoms with Crippen LogP contribution >= 0.6 is 11.3 Å². The van der Waals surface area contributed by atoms with Crippen molar-refractivity contribution in [2.24, 2.45) is 0 Å². The number of carbonyl (C=O) groups is 1. The van der Waals surface area contributed by atoms with Gasteiger partial charge in [0.25, 0.3) is 0 Å². The van der Waals surface area contributed by atoms with Crippen LogP contribution in [0.25, 0.3) is 0 Å². The van der Waals surface area contributed by atoms with Gasteiger partial charge in [0, 0.05) is 22.5 Å². The van der Waals surface area contributed by atoms with E-state index in [1.165, 1.54) is 11.3 Å². The van der Waals surface area contributed by atoms with Gasteiger partial charge < -0.3 is 10.1 Å². The molecule has 0 aliphatic rings. The molecule has 0 amide bonds. The molecule has 0 saturated heterocycles. The molecule has 0 radical (unpaired) electrons. The number of thiophene rings is 1. The minimum atomic E-state index is -0.320. The summed E-state index contributed by atoms with van der Waals surface area (Å²) < 4.78 is 4.96. The van der Waals surface area contributed by atoms with Gasteiger partial charge in [0.2, 0.25) is 0 Å². The number of anilines is 1. The molecular weight excluding hydrogens is 272 g/mol. The van der Waals surface area contributed by atoms with E-state index in [1.54, 1.807) is 19.1 Å². The van der Waals surface area contributed by atoms with Crippen LogP contribution in [0.15, 0.2) is 35.7 Å². The number of rotatable bonds is 5. The second kappa shape index (κ2) is 6.73. The van der Waals surface area contributed by atoms with E-state index in [0.29, 0.717) is 24.3 Å². The minimum Gasteiger partial charge on any atom is -0.462 e. The van der Waals surface area contributed by atoms with Gasteiger partial charge in [-0.3, -0.25) is 0 Å². The zero-order valence-electron chi connectivity index (χ0n) is 11.1. The molecule has 20 heavy (non-hydrogen) atoms. The van der Waals surface area contributed by atoms with Crippen LogP contribution in [0, 0.1) is 11.3 Å². The number of hydrogen-bond donors (Lipinski definition) is 1. The van der Waals surface area contributed by atoms with E-state index in [-0.39, 0.29) is 5.97 Å². The topological polar surface area (TPSA) is 62.1 Å². The number of carbonyl (C=O) groups excluding carboxylic acids is 1. The van der Waals surface area contributed by atoms with Crippen molar-refractivity contribution in [3.63, 3.8) is 0 Å². The molecule has 2 aromatic rings. The summed E-state index contributed by atoms with van der Waals surface area (Å²) >= 11 is 1.54. The first-order chi connectivity index (χ1) is 9.72. The van der Waals surface area contributed by atoms with Gasteiger partial charge in [-0.05, 0) is 31.2 Å². The van der Waals surface area contributed by atoms with Crippen LogP contribution < -0.4 is 5.32 Å². The Morgan fingerprint density at radius 1 is 1.45 bits per heavy atom. The summed E-state index contributed by atoms with van der Waals surface area (Å²) in [6, 6.07) is 11.1. The molecule has 0 saturated carbocycles. The van der Waals surface area contributed by atoms with E-state index in [9.17, 15) is 4.79 Å². The lowest BCUT2D eigenvalue weighted by atomic mass is 10.2. The molecule has 0 spiro atoms. The number of benzene rings is 1. The third-order valence-electron chi connectivity index (χ3n) is 2.62. The van der Waals surface area contributed by atoms with Crippen LogP contribution in [0.3, 0.4) is 0 Å². The Kier molecular flexibility index (Phi) is 4.75. The first-order valence-electron chi connectivity index (χ1n) is 6.21. The van der Waals surface area contributed by atoms with Gasteiger partial charge in [-0.15, -0.1) is 11.3 Å². The van der Waals surface area contributed by atoms with Crippen LogP contribution in [-0.4, -0.2) is 12.6 Å². The molecule has 0 aliphatic heterocycles. The van der Waals surface area contributed by atoms with Crippen molar-refractivity contribution in [3.05, 3.63) is 51.7 Å². The maximum atomic E-state index is 11.6. The Balaban J connectivity index is 2.01. The summed E-state index contributed by atoms with van der Waals surface area (Å²) in [6.07, 6.45) is 0. The average molecular weight is 286 g/mol. The number of nitriles is 1. The van der Waals surface area contributed by atoms with Gasteiger partial charge in [-0.1, -0.05) is 6.07 Å². The summed E-state index contributed by atoms with van der Waals surface area (Å²) in [5.74, 6) is -0.320. The fourth-order valence-electron chi connectivity index (χ4n) is 1.69. The van der Waals surface area contributed by atoms with Gasteiger partial charge in [0.1, 0.15) is 6.07 Å². The Labute approximate surface area is 121 Å². The van der Waals surface area contributed by atoms with E-state index in [4.69, 9.17) is 10.00 Å². The quantitative estimate of drug-likeness (QED) is 0.856. The molecular formula is C15H14N2O2S.